The van der Waals surface area contributed by atoms with E-state index in [4.69, 9.17) is 9.47 Å². The minimum Gasteiger partial charge on any atom is -0.476 e. The molecule has 2 fully saturated rings. The summed E-state index contributed by atoms with van der Waals surface area (Å²) >= 11 is 1.74. The van der Waals surface area contributed by atoms with Gasteiger partial charge in [0.1, 0.15) is 17.1 Å². The molecule has 2 aliphatic rings. The molecule has 1 aromatic heterocycles. The lowest BCUT2D eigenvalue weighted by Gasteiger charge is -2.34. The van der Waals surface area contributed by atoms with Gasteiger partial charge in [-0.15, -0.1) is 5.10 Å². The van der Waals surface area contributed by atoms with Gasteiger partial charge in [0.25, 0.3) is 0 Å². The first-order valence-electron chi connectivity index (χ1n) is 9.96. The molecule has 0 aliphatic heterocycles. The van der Waals surface area contributed by atoms with Crippen LogP contribution >= 0.6 is 11.8 Å². The standard InChI is InChI=1S/C20H28N2O5S/c1-3-26-19(25)15-13-22(21-18(15)27-11-4-12-28-2)14-7-9-20(10-8-14)16(23)5-6-17(20)24/h13-14H,3-12H2,1-2H3. The van der Waals surface area contributed by atoms with Crippen LogP contribution < -0.4 is 4.74 Å². The molecule has 0 aromatic carbocycles. The van der Waals surface area contributed by atoms with E-state index in [1.54, 1.807) is 29.6 Å². The first-order chi connectivity index (χ1) is 13.5. The molecule has 1 aromatic rings. The van der Waals surface area contributed by atoms with Crippen molar-refractivity contribution in [2.45, 2.75) is 57.9 Å². The van der Waals surface area contributed by atoms with Crippen molar-refractivity contribution in [2.75, 3.05) is 25.2 Å². The SMILES string of the molecule is CCOC(=O)c1cn(C2CCC3(CC2)C(=O)CCC3=O)nc1OCCCSC. The normalized spacial score (nSPS) is 19.4. The van der Waals surface area contributed by atoms with Gasteiger partial charge >= 0.3 is 5.97 Å². The van der Waals surface area contributed by atoms with Crippen LogP contribution in [-0.2, 0) is 14.3 Å². The first kappa shape index (κ1) is 20.9. The molecule has 28 heavy (non-hydrogen) atoms. The smallest absolute Gasteiger partial charge is 0.345 e. The zero-order chi connectivity index (χ0) is 20.1. The van der Waals surface area contributed by atoms with Crippen molar-refractivity contribution in [3.8, 4) is 5.88 Å². The second-order valence-corrected chi connectivity index (χ2v) is 8.39. The molecule has 0 atom stereocenters. The monoisotopic (exact) mass is 408 g/mol. The molecule has 0 N–H and O–H groups in total. The fourth-order valence-corrected chi connectivity index (χ4v) is 4.57. The summed E-state index contributed by atoms with van der Waals surface area (Å²) in [6.07, 6.45) is 7.85. The molecule has 7 nitrogen and oxygen atoms in total. The summed E-state index contributed by atoms with van der Waals surface area (Å²) in [7, 11) is 0. The molecule has 8 heteroatoms. The van der Waals surface area contributed by atoms with E-state index in [1.807, 2.05) is 6.26 Å². The van der Waals surface area contributed by atoms with Gasteiger partial charge in [0.15, 0.2) is 0 Å². The molecular formula is C20H28N2O5S. The number of Topliss-reactive ketones (excluding diaryl/α,β-unsaturated/α-hetero) is 2. The summed E-state index contributed by atoms with van der Waals surface area (Å²) in [6.45, 7) is 2.53. The Bertz CT molecular complexity index is 719. The van der Waals surface area contributed by atoms with Crippen LogP contribution in [-0.4, -0.2) is 52.5 Å². The van der Waals surface area contributed by atoms with Crippen LogP contribution in [0, 0.1) is 5.41 Å². The Hall–Kier alpha value is -1.83. The topological polar surface area (TPSA) is 87.5 Å². The zero-order valence-electron chi connectivity index (χ0n) is 16.6. The lowest BCUT2D eigenvalue weighted by Crippen LogP contribution is -2.37. The van der Waals surface area contributed by atoms with Gasteiger partial charge in [-0.25, -0.2) is 4.79 Å². The molecule has 154 valence electrons. The zero-order valence-corrected chi connectivity index (χ0v) is 17.4. The number of rotatable bonds is 8. The highest BCUT2D eigenvalue weighted by molar-refractivity contribution is 7.98. The molecule has 2 saturated carbocycles. The molecule has 0 radical (unpaired) electrons. The summed E-state index contributed by atoms with van der Waals surface area (Å²) in [5, 5.41) is 4.50. The van der Waals surface area contributed by atoms with E-state index in [0.717, 1.165) is 12.2 Å². The number of carbonyl (C=O) groups is 3. The van der Waals surface area contributed by atoms with Crippen molar-refractivity contribution in [2.24, 2.45) is 5.41 Å². The molecule has 0 unspecified atom stereocenters. The van der Waals surface area contributed by atoms with Gasteiger partial charge in [0.05, 0.1) is 24.7 Å². The molecule has 3 rings (SSSR count). The second kappa shape index (κ2) is 9.11. The van der Waals surface area contributed by atoms with E-state index in [9.17, 15) is 14.4 Å². The summed E-state index contributed by atoms with van der Waals surface area (Å²) in [5.74, 6) is 1.03. The molecular weight excluding hydrogens is 380 g/mol. The number of ether oxygens (including phenoxy) is 2. The Labute approximate surface area is 169 Å². The lowest BCUT2D eigenvalue weighted by atomic mass is 9.70. The summed E-state index contributed by atoms with van der Waals surface area (Å²) in [6, 6.07) is 0.0450. The van der Waals surface area contributed by atoms with Crippen LogP contribution in [0.15, 0.2) is 6.20 Å². The van der Waals surface area contributed by atoms with Crippen molar-refractivity contribution >= 4 is 29.3 Å². The van der Waals surface area contributed by atoms with E-state index in [1.165, 1.54) is 0 Å². The van der Waals surface area contributed by atoms with Crippen molar-refractivity contribution in [1.82, 2.24) is 9.78 Å². The lowest BCUT2D eigenvalue weighted by molar-refractivity contribution is -0.137. The number of esters is 1. The van der Waals surface area contributed by atoms with Gasteiger partial charge in [-0.1, -0.05) is 0 Å². The van der Waals surface area contributed by atoms with E-state index < -0.39 is 11.4 Å². The number of carbonyl (C=O) groups excluding carboxylic acids is 3. The van der Waals surface area contributed by atoms with Gasteiger partial charge in [-0.2, -0.15) is 11.8 Å². The molecule has 1 spiro atoms. The average Bonchev–Trinajstić information content (AvgIpc) is 3.24. The minimum atomic E-state index is -0.759. The fraction of sp³-hybridized carbons (Fsp3) is 0.700. The van der Waals surface area contributed by atoms with Crippen LogP contribution in [0.4, 0.5) is 0 Å². The quantitative estimate of drug-likeness (QED) is 0.371. The molecule has 0 bridgehead atoms. The predicted molar refractivity (Wildman–Crippen MR) is 106 cm³/mol. The van der Waals surface area contributed by atoms with Crippen LogP contribution in [0.25, 0.3) is 0 Å². The Morgan fingerprint density at radius 2 is 1.96 bits per heavy atom. The highest BCUT2D eigenvalue weighted by Crippen LogP contribution is 2.47. The molecule has 0 amide bonds. The van der Waals surface area contributed by atoms with Gasteiger partial charge in [0.2, 0.25) is 5.88 Å². The molecule has 2 aliphatic carbocycles. The first-order valence-corrected chi connectivity index (χ1v) is 11.4. The van der Waals surface area contributed by atoms with Crippen molar-refractivity contribution < 1.29 is 23.9 Å². The van der Waals surface area contributed by atoms with Crippen LogP contribution in [0.5, 0.6) is 5.88 Å². The Kier molecular flexibility index (Phi) is 6.80. The largest absolute Gasteiger partial charge is 0.476 e. The van der Waals surface area contributed by atoms with E-state index in [0.29, 0.717) is 56.6 Å². The highest BCUT2D eigenvalue weighted by Gasteiger charge is 2.51. The van der Waals surface area contributed by atoms with Crippen molar-refractivity contribution in [3.05, 3.63) is 11.8 Å². The van der Waals surface area contributed by atoms with Gasteiger partial charge in [-0.05, 0) is 51.0 Å². The third-order valence-corrected chi connectivity index (χ3v) is 6.45. The highest BCUT2D eigenvalue weighted by atomic mass is 32.2. The number of hydrogen-bond donors (Lipinski definition) is 0. The predicted octanol–water partition coefficient (Wildman–Crippen LogP) is 3.23. The fourth-order valence-electron chi connectivity index (χ4n) is 4.17. The molecule has 0 saturated heterocycles. The van der Waals surface area contributed by atoms with Crippen molar-refractivity contribution in [3.63, 3.8) is 0 Å². The van der Waals surface area contributed by atoms with Crippen LogP contribution in [0.2, 0.25) is 0 Å². The maximum Gasteiger partial charge on any atom is 0.345 e. The second-order valence-electron chi connectivity index (χ2n) is 7.40. The number of thioether (sulfide) groups is 1. The maximum atomic E-state index is 12.3. The third-order valence-electron chi connectivity index (χ3n) is 5.75. The van der Waals surface area contributed by atoms with E-state index in [-0.39, 0.29) is 24.2 Å². The third kappa shape index (κ3) is 4.11. The van der Waals surface area contributed by atoms with Gasteiger partial charge in [-0.3, -0.25) is 14.3 Å². The van der Waals surface area contributed by atoms with E-state index in [2.05, 4.69) is 5.10 Å². The average molecular weight is 409 g/mol. The summed E-state index contributed by atoms with van der Waals surface area (Å²) in [4.78, 5) is 36.8. The Balaban J connectivity index is 1.72. The Morgan fingerprint density at radius 1 is 1.29 bits per heavy atom. The van der Waals surface area contributed by atoms with Crippen LogP contribution in [0.3, 0.4) is 0 Å². The van der Waals surface area contributed by atoms with Gasteiger partial charge < -0.3 is 9.47 Å². The van der Waals surface area contributed by atoms with Crippen molar-refractivity contribution in [1.29, 1.82) is 0 Å². The van der Waals surface area contributed by atoms with Gasteiger partial charge in [0, 0.05) is 19.0 Å². The number of nitrogens with zero attached hydrogens (tertiary/aromatic N) is 2. The number of ketones is 2. The Morgan fingerprint density at radius 3 is 2.57 bits per heavy atom. The number of aromatic nitrogens is 2. The minimum absolute atomic E-state index is 0.0450. The van der Waals surface area contributed by atoms with Crippen LogP contribution in [0.1, 0.15) is 68.3 Å². The van der Waals surface area contributed by atoms with E-state index >= 15 is 0 Å². The maximum absolute atomic E-state index is 12.3. The summed E-state index contributed by atoms with van der Waals surface area (Å²) < 4.78 is 12.6. The molecule has 1 heterocycles. The summed E-state index contributed by atoms with van der Waals surface area (Å²) in [5.41, 5.74) is -0.426. The number of hydrogen-bond acceptors (Lipinski definition) is 7.